The van der Waals surface area contributed by atoms with Gasteiger partial charge in [0.2, 0.25) is 0 Å². The van der Waals surface area contributed by atoms with Crippen molar-refractivity contribution in [3.63, 3.8) is 0 Å². The van der Waals surface area contributed by atoms with Gasteiger partial charge in [-0.2, -0.15) is 0 Å². The van der Waals surface area contributed by atoms with Gasteiger partial charge in [0.15, 0.2) is 0 Å². The number of aromatic amines is 1. The largest absolute Gasteiger partial charge is 0.364 e. The number of amides is 1. The molecule has 0 aliphatic carbocycles. The van der Waals surface area contributed by atoms with Crippen LogP contribution < -0.4 is 5.73 Å². The number of nitrogens with one attached hydrogen (secondary N) is 1. The number of aliphatic imine (C=N–C) groups is 1. The van der Waals surface area contributed by atoms with Crippen LogP contribution in [0.4, 0.5) is 5.69 Å². The summed E-state index contributed by atoms with van der Waals surface area (Å²) in [7, 11) is 0. The molecule has 1 amide bonds. The number of nitrogens with two attached hydrogens (primary N) is 1. The van der Waals surface area contributed by atoms with E-state index in [0.29, 0.717) is 5.69 Å². The number of piperidine rings is 1. The first-order valence-corrected chi connectivity index (χ1v) is 11.6. The quantitative estimate of drug-likeness (QED) is 0.396. The van der Waals surface area contributed by atoms with Crippen molar-refractivity contribution in [1.82, 2.24) is 9.88 Å². The number of hydrogen-bond donors (Lipinski definition) is 2. The number of fused-ring (bicyclic) bond motifs is 1. The number of rotatable bonds is 6. The SMILES string of the molecule is NC(=O)c1[nH]c2ccccc2c1C(=Nc1cccc(CN2CCCCC2)c1)c1ccccc1. The van der Waals surface area contributed by atoms with Crippen LogP contribution in [0.5, 0.6) is 0 Å². The lowest BCUT2D eigenvalue weighted by molar-refractivity contribution is 0.0996. The third kappa shape index (κ3) is 4.59. The molecular weight excluding hydrogens is 408 g/mol. The summed E-state index contributed by atoms with van der Waals surface area (Å²) in [5.41, 5.74) is 11.6. The summed E-state index contributed by atoms with van der Waals surface area (Å²) >= 11 is 0. The molecule has 5 heteroatoms. The third-order valence-corrected chi connectivity index (χ3v) is 6.24. The maximum Gasteiger partial charge on any atom is 0.265 e. The van der Waals surface area contributed by atoms with Gasteiger partial charge in [-0.15, -0.1) is 0 Å². The van der Waals surface area contributed by atoms with Gasteiger partial charge in [-0.3, -0.25) is 9.69 Å². The number of hydrogen-bond acceptors (Lipinski definition) is 3. The molecule has 4 aromatic rings. The molecule has 1 fully saturated rings. The van der Waals surface area contributed by atoms with Gasteiger partial charge >= 0.3 is 0 Å². The lowest BCUT2D eigenvalue weighted by Gasteiger charge is -2.26. The standard InChI is InChI=1S/C28H28N4O/c29-28(33)27-25(23-14-5-6-15-24(23)31-27)26(21-11-3-1-4-12-21)30-22-13-9-10-20(18-22)19-32-16-7-2-8-17-32/h1,3-6,9-15,18,31H,2,7-8,16-17,19H2,(H2,29,33). The van der Waals surface area contributed by atoms with Gasteiger partial charge in [0.05, 0.1) is 11.4 Å². The molecule has 33 heavy (non-hydrogen) atoms. The van der Waals surface area contributed by atoms with Crippen molar-refractivity contribution < 1.29 is 4.79 Å². The zero-order chi connectivity index (χ0) is 22.6. The molecule has 5 rings (SSSR count). The summed E-state index contributed by atoms with van der Waals surface area (Å²) in [5, 5.41) is 0.929. The molecule has 5 nitrogen and oxygen atoms in total. The second-order valence-corrected chi connectivity index (χ2v) is 8.62. The molecule has 0 spiro atoms. The topological polar surface area (TPSA) is 74.5 Å². The van der Waals surface area contributed by atoms with Gasteiger partial charge in [0.1, 0.15) is 5.69 Å². The van der Waals surface area contributed by atoms with Crippen LogP contribution in [-0.4, -0.2) is 34.6 Å². The van der Waals surface area contributed by atoms with E-state index in [4.69, 9.17) is 10.7 Å². The van der Waals surface area contributed by atoms with Crippen LogP contribution in [-0.2, 0) is 6.54 Å². The maximum atomic E-state index is 12.4. The number of primary amides is 1. The van der Waals surface area contributed by atoms with E-state index in [-0.39, 0.29) is 0 Å². The first-order valence-electron chi connectivity index (χ1n) is 11.6. The van der Waals surface area contributed by atoms with Gasteiger partial charge in [0, 0.05) is 28.6 Å². The summed E-state index contributed by atoms with van der Waals surface area (Å²) in [4.78, 5) is 23.2. The number of carbonyl (C=O) groups is 1. The predicted molar refractivity (Wildman–Crippen MR) is 134 cm³/mol. The fourth-order valence-electron chi connectivity index (χ4n) is 4.66. The monoisotopic (exact) mass is 436 g/mol. The van der Waals surface area contributed by atoms with Gasteiger partial charge in [-0.05, 0) is 49.7 Å². The lowest BCUT2D eigenvalue weighted by atomic mass is 9.98. The number of H-pyrrole nitrogens is 1. The third-order valence-electron chi connectivity index (χ3n) is 6.24. The van der Waals surface area contributed by atoms with E-state index >= 15 is 0 Å². The van der Waals surface area contributed by atoms with E-state index in [1.165, 1.54) is 24.8 Å². The highest BCUT2D eigenvalue weighted by atomic mass is 16.1. The number of carbonyl (C=O) groups excluding carboxylic acids is 1. The van der Waals surface area contributed by atoms with Crippen molar-refractivity contribution >= 4 is 28.2 Å². The summed E-state index contributed by atoms with van der Waals surface area (Å²) in [6, 6.07) is 26.2. The number of likely N-dealkylation sites (tertiary alicyclic amines) is 1. The molecule has 3 N–H and O–H groups in total. The Morgan fingerprint density at radius 2 is 1.67 bits per heavy atom. The number of benzene rings is 3. The molecule has 2 heterocycles. The van der Waals surface area contributed by atoms with Crippen LogP contribution in [0.2, 0.25) is 0 Å². The fraction of sp³-hybridized carbons (Fsp3) is 0.214. The van der Waals surface area contributed by atoms with E-state index < -0.39 is 5.91 Å². The average Bonchev–Trinajstić information content (AvgIpc) is 3.24. The highest BCUT2D eigenvalue weighted by molar-refractivity contribution is 6.24. The van der Waals surface area contributed by atoms with Gasteiger partial charge < -0.3 is 10.7 Å². The molecule has 1 saturated heterocycles. The average molecular weight is 437 g/mol. The molecule has 1 aromatic heterocycles. The van der Waals surface area contributed by atoms with Crippen LogP contribution in [0.1, 0.15) is 46.4 Å². The van der Waals surface area contributed by atoms with Crippen LogP contribution in [0.15, 0.2) is 83.9 Å². The fourth-order valence-corrected chi connectivity index (χ4v) is 4.66. The van der Waals surface area contributed by atoms with Crippen molar-refractivity contribution in [2.24, 2.45) is 10.7 Å². The van der Waals surface area contributed by atoms with Gasteiger partial charge in [-0.1, -0.05) is 67.1 Å². The van der Waals surface area contributed by atoms with Crippen molar-refractivity contribution in [3.05, 3.63) is 101 Å². The van der Waals surface area contributed by atoms with Crippen LogP contribution in [0.25, 0.3) is 10.9 Å². The molecule has 3 aromatic carbocycles. The zero-order valence-electron chi connectivity index (χ0n) is 18.6. The number of nitrogens with zero attached hydrogens (tertiary/aromatic N) is 2. The van der Waals surface area contributed by atoms with Gasteiger partial charge in [0.25, 0.3) is 5.91 Å². The Labute approximate surface area is 194 Å². The van der Waals surface area contributed by atoms with E-state index in [1.807, 2.05) is 60.7 Å². The minimum Gasteiger partial charge on any atom is -0.364 e. The zero-order valence-corrected chi connectivity index (χ0v) is 18.6. The maximum absolute atomic E-state index is 12.4. The smallest absolute Gasteiger partial charge is 0.265 e. The molecule has 0 unspecified atom stereocenters. The molecular formula is C28H28N4O. The molecule has 166 valence electrons. The van der Waals surface area contributed by atoms with Crippen molar-refractivity contribution in [2.75, 3.05) is 13.1 Å². The second kappa shape index (κ2) is 9.43. The Hall–Kier alpha value is -3.70. The normalized spacial score (nSPS) is 15.1. The Morgan fingerprint density at radius 1 is 0.909 bits per heavy atom. The first-order chi connectivity index (χ1) is 16.2. The highest BCUT2D eigenvalue weighted by Gasteiger charge is 2.21. The van der Waals surface area contributed by atoms with E-state index in [1.54, 1.807) is 0 Å². The van der Waals surface area contributed by atoms with Crippen molar-refractivity contribution in [2.45, 2.75) is 25.8 Å². The van der Waals surface area contributed by atoms with E-state index in [0.717, 1.165) is 53.1 Å². The molecule has 1 aliphatic heterocycles. The first kappa shape index (κ1) is 21.2. The van der Waals surface area contributed by atoms with Crippen LogP contribution in [0.3, 0.4) is 0 Å². The predicted octanol–water partition coefficient (Wildman–Crippen LogP) is 5.42. The Kier molecular flexibility index (Phi) is 6.05. The van der Waals surface area contributed by atoms with Crippen LogP contribution >= 0.6 is 0 Å². The summed E-state index contributed by atoms with van der Waals surface area (Å²) < 4.78 is 0. The minimum atomic E-state index is -0.497. The minimum absolute atomic E-state index is 0.378. The summed E-state index contributed by atoms with van der Waals surface area (Å²) in [5.74, 6) is -0.497. The van der Waals surface area contributed by atoms with Crippen molar-refractivity contribution in [3.8, 4) is 0 Å². The molecule has 0 bridgehead atoms. The number of para-hydroxylation sites is 1. The van der Waals surface area contributed by atoms with Gasteiger partial charge in [-0.25, -0.2) is 4.99 Å². The molecule has 0 saturated carbocycles. The Bertz CT molecular complexity index is 1300. The molecule has 0 atom stereocenters. The van der Waals surface area contributed by atoms with Crippen molar-refractivity contribution in [1.29, 1.82) is 0 Å². The summed E-state index contributed by atoms with van der Waals surface area (Å²) in [6.07, 6.45) is 3.87. The van der Waals surface area contributed by atoms with E-state index in [9.17, 15) is 4.79 Å². The van der Waals surface area contributed by atoms with E-state index in [2.05, 4.69) is 28.1 Å². The summed E-state index contributed by atoms with van der Waals surface area (Å²) in [6.45, 7) is 3.24. The molecule has 0 radical (unpaired) electrons. The Balaban J connectivity index is 1.62. The van der Waals surface area contributed by atoms with Crippen LogP contribution in [0, 0.1) is 0 Å². The Morgan fingerprint density at radius 3 is 2.45 bits per heavy atom. The number of aromatic nitrogens is 1. The highest BCUT2D eigenvalue weighted by Crippen LogP contribution is 2.28. The second-order valence-electron chi connectivity index (χ2n) is 8.62. The lowest BCUT2D eigenvalue weighted by Crippen LogP contribution is -2.28. The molecule has 1 aliphatic rings.